The van der Waals surface area contributed by atoms with Gasteiger partial charge in [-0.1, -0.05) is 18.7 Å². The van der Waals surface area contributed by atoms with E-state index in [9.17, 15) is 14.4 Å². The van der Waals surface area contributed by atoms with Crippen LogP contribution in [0.2, 0.25) is 0 Å². The van der Waals surface area contributed by atoms with Gasteiger partial charge in [-0.25, -0.2) is 9.79 Å². The van der Waals surface area contributed by atoms with Crippen LogP contribution in [0.5, 0.6) is 11.5 Å². The summed E-state index contributed by atoms with van der Waals surface area (Å²) in [4.78, 5) is 48.4. The van der Waals surface area contributed by atoms with Crippen LogP contribution in [0.3, 0.4) is 0 Å². The summed E-state index contributed by atoms with van der Waals surface area (Å²) in [5.41, 5.74) is 2.46. The number of carbonyl (C=O) groups excluding carboxylic acids is 3. The highest BCUT2D eigenvalue weighted by atomic mass is 32.2. The summed E-state index contributed by atoms with van der Waals surface area (Å²) in [6, 6.07) is 4.81. The third-order valence-electron chi connectivity index (χ3n) is 6.77. The number of hydrogen-bond acceptors (Lipinski definition) is 9. The quantitative estimate of drug-likeness (QED) is 0.498. The molecule has 3 aliphatic rings. The maximum Gasteiger partial charge on any atom is 0.338 e. The number of methoxy groups -OCH3 is 3. The van der Waals surface area contributed by atoms with Gasteiger partial charge in [0.1, 0.15) is 11.5 Å². The van der Waals surface area contributed by atoms with Gasteiger partial charge in [0.25, 0.3) is 0 Å². The van der Waals surface area contributed by atoms with Gasteiger partial charge in [0.15, 0.2) is 5.17 Å². The molecule has 1 aromatic rings. The largest absolute Gasteiger partial charge is 0.497 e. The van der Waals surface area contributed by atoms with E-state index >= 15 is 0 Å². The normalized spacial score (nSPS) is 19.3. The second kappa shape index (κ2) is 11.3. The number of amidine groups is 1. The Morgan fingerprint density at radius 2 is 1.76 bits per heavy atom. The van der Waals surface area contributed by atoms with Gasteiger partial charge in [0.05, 0.1) is 45.1 Å². The molecule has 0 unspecified atom stereocenters. The van der Waals surface area contributed by atoms with Gasteiger partial charge in [-0.05, 0) is 30.0 Å². The van der Waals surface area contributed by atoms with Gasteiger partial charge in [0, 0.05) is 44.4 Å². The molecule has 0 spiro atoms. The van der Waals surface area contributed by atoms with Gasteiger partial charge in [-0.3, -0.25) is 9.59 Å². The number of esters is 1. The number of allylic oxidation sites excluding steroid dienone is 1. The zero-order valence-corrected chi connectivity index (χ0v) is 22.6. The molecule has 10 nitrogen and oxygen atoms in total. The lowest BCUT2D eigenvalue weighted by molar-refractivity contribution is -0.138. The van der Waals surface area contributed by atoms with Crippen molar-refractivity contribution < 1.29 is 28.6 Å². The van der Waals surface area contributed by atoms with Crippen molar-refractivity contribution in [1.82, 2.24) is 14.7 Å². The number of benzene rings is 1. The van der Waals surface area contributed by atoms with Crippen LogP contribution >= 0.6 is 11.8 Å². The predicted molar refractivity (Wildman–Crippen MR) is 140 cm³/mol. The minimum absolute atomic E-state index is 0.0140. The monoisotopic (exact) mass is 528 g/mol. The molecule has 37 heavy (non-hydrogen) atoms. The molecule has 0 aliphatic carbocycles. The molecule has 3 aliphatic heterocycles. The summed E-state index contributed by atoms with van der Waals surface area (Å²) in [6.07, 6.45) is 0.657. The molecule has 1 saturated heterocycles. The predicted octanol–water partition coefficient (Wildman–Crippen LogP) is 2.92. The second-order valence-corrected chi connectivity index (χ2v) is 9.61. The minimum atomic E-state index is -0.622. The average Bonchev–Trinajstić information content (AvgIpc) is 3.33. The SMILES string of the molecule is CCC1=C(C(=O)OC)[C@@H](c2cc(OC)ccc2OC)N2C(CC(=O)N3CCN(C(C)=O)CC3)=CSC2=N1. The van der Waals surface area contributed by atoms with Crippen molar-refractivity contribution in [1.29, 1.82) is 0 Å². The molecule has 4 rings (SSSR count). The van der Waals surface area contributed by atoms with Crippen LogP contribution in [0, 0.1) is 0 Å². The lowest BCUT2D eigenvalue weighted by Gasteiger charge is -2.38. The van der Waals surface area contributed by atoms with E-state index < -0.39 is 12.0 Å². The molecule has 0 N–H and O–H groups in total. The van der Waals surface area contributed by atoms with Crippen LogP contribution in [0.4, 0.5) is 0 Å². The average molecular weight is 529 g/mol. The summed E-state index contributed by atoms with van der Waals surface area (Å²) in [5.74, 6) is 0.667. The van der Waals surface area contributed by atoms with Crippen LogP contribution in [0.15, 0.2) is 45.6 Å². The summed E-state index contributed by atoms with van der Waals surface area (Å²) < 4.78 is 16.4. The van der Waals surface area contributed by atoms with Crippen molar-refractivity contribution in [2.75, 3.05) is 47.5 Å². The zero-order chi connectivity index (χ0) is 26.7. The first-order valence-electron chi connectivity index (χ1n) is 12.1. The Kier molecular flexibility index (Phi) is 8.11. The van der Waals surface area contributed by atoms with Crippen molar-refractivity contribution in [3.8, 4) is 11.5 Å². The van der Waals surface area contributed by atoms with E-state index in [-0.39, 0.29) is 18.2 Å². The molecule has 11 heteroatoms. The number of amides is 2. The Morgan fingerprint density at radius 1 is 1.05 bits per heavy atom. The Labute approximate surface area is 220 Å². The number of nitrogens with zero attached hydrogens (tertiary/aromatic N) is 4. The van der Waals surface area contributed by atoms with Gasteiger partial charge in [0.2, 0.25) is 11.8 Å². The third-order valence-corrected chi connectivity index (χ3v) is 7.66. The van der Waals surface area contributed by atoms with E-state index in [1.807, 2.05) is 23.3 Å². The molecule has 0 radical (unpaired) electrons. The molecule has 0 bridgehead atoms. The van der Waals surface area contributed by atoms with Crippen LogP contribution in [0.1, 0.15) is 38.3 Å². The number of piperazine rings is 1. The van der Waals surface area contributed by atoms with E-state index in [1.165, 1.54) is 18.9 Å². The topological polar surface area (TPSA) is 101 Å². The molecule has 198 valence electrons. The molecule has 1 aromatic carbocycles. The Bertz CT molecular complexity index is 1190. The summed E-state index contributed by atoms with van der Waals surface area (Å²) in [5, 5.41) is 2.60. The van der Waals surface area contributed by atoms with Gasteiger partial charge in [-0.15, -0.1) is 0 Å². The number of hydrogen-bond donors (Lipinski definition) is 0. The summed E-state index contributed by atoms with van der Waals surface area (Å²) >= 11 is 1.42. The van der Waals surface area contributed by atoms with Crippen molar-refractivity contribution in [2.24, 2.45) is 4.99 Å². The first-order valence-corrected chi connectivity index (χ1v) is 13.0. The highest BCUT2D eigenvalue weighted by molar-refractivity contribution is 8.16. The Hall–Kier alpha value is -3.47. The van der Waals surface area contributed by atoms with Crippen LogP contribution in [-0.4, -0.2) is 85.2 Å². The van der Waals surface area contributed by atoms with Crippen LogP contribution in [-0.2, 0) is 19.1 Å². The van der Waals surface area contributed by atoms with E-state index in [1.54, 1.807) is 43.1 Å². The molecule has 1 fully saturated rings. The maximum absolute atomic E-state index is 13.3. The Morgan fingerprint density at radius 3 is 2.35 bits per heavy atom. The molecule has 0 aromatic heterocycles. The fraction of sp³-hybridized carbons (Fsp3) is 0.462. The lowest BCUT2D eigenvalue weighted by atomic mass is 9.92. The molecule has 2 amide bonds. The van der Waals surface area contributed by atoms with E-state index in [4.69, 9.17) is 19.2 Å². The van der Waals surface area contributed by atoms with E-state index in [0.29, 0.717) is 66.1 Å². The standard InChI is InChI=1S/C26H32N4O6S/c1-6-20-23(25(33)36-5)24(19-14-18(34-3)7-8-21(19)35-4)30-17(15-37-26(30)27-20)13-22(32)29-11-9-28(10-12-29)16(2)31/h7-8,14-15,24H,6,9-13H2,1-5H3/t24-/m1/s1. The van der Waals surface area contributed by atoms with Crippen molar-refractivity contribution in [3.63, 3.8) is 0 Å². The molecule has 3 heterocycles. The fourth-order valence-electron chi connectivity index (χ4n) is 4.80. The number of rotatable bonds is 7. The number of thioether (sulfide) groups is 1. The highest BCUT2D eigenvalue weighted by Crippen LogP contribution is 2.48. The smallest absolute Gasteiger partial charge is 0.338 e. The first kappa shape index (κ1) is 26.6. The molecular weight excluding hydrogens is 496 g/mol. The molecule has 1 atom stereocenters. The maximum atomic E-state index is 13.3. The summed E-state index contributed by atoms with van der Waals surface area (Å²) in [6.45, 7) is 5.49. The van der Waals surface area contributed by atoms with Crippen molar-refractivity contribution in [2.45, 2.75) is 32.7 Å². The Balaban J connectivity index is 1.71. The number of carbonyl (C=O) groups is 3. The molecule has 0 saturated carbocycles. The second-order valence-electron chi connectivity index (χ2n) is 8.77. The van der Waals surface area contributed by atoms with Gasteiger partial charge >= 0.3 is 5.97 Å². The lowest BCUT2D eigenvalue weighted by Crippen LogP contribution is -2.50. The van der Waals surface area contributed by atoms with Crippen molar-refractivity contribution >= 4 is 34.7 Å². The number of fused-ring (bicyclic) bond motifs is 1. The van der Waals surface area contributed by atoms with Gasteiger partial charge in [-0.2, -0.15) is 0 Å². The van der Waals surface area contributed by atoms with Crippen LogP contribution < -0.4 is 9.47 Å². The highest BCUT2D eigenvalue weighted by Gasteiger charge is 2.43. The summed E-state index contributed by atoms with van der Waals surface area (Å²) in [7, 11) is 4.50. The van der Waals surface area contributed by atoms with E-state index in [0.717, 1.165) is 5.70 Å². The zero-order valence-electron chi connectivity index (χ0n) is 21.8. The van der Waals surface area contributed by atoms with Crippen molar-refractivity contribution in [3.05, 3.63) is 46.1 Å². The van der Waals surface area contributed by atoms with Crippen LogP contribution in [0.25, 0.3) is 0 Å². The first-order chi connectivity index (χ1) is 17.8. The number of ether oxygens (including phenoxy) is 3. The number of aliphatic imine (C=N–C) groups is 1. The third kappa shape index (κ3) is 5.18. The fourth-order valence-corrected chi connectivity index (χ4v) is 5.73. The minimum Gasteiger partial charge on any atom is -0.497 e. The molecular formula is C26H32N4O6S. The van der Waals surface area contributed by atoms with Gasteiger partial charge < -0.3 is 28.9 Å². The van der Waals surface area contributed by atoms with E-state index in [2.05, 4.69) is 0 Å².